The van der Waals surface area contributed by atoms with Gasteiger partial charge >= 0.3 is 0 Å². The number of likely N-dealkylation sites (N-methyl/N-ethyl adjacent to an activating group) is 1. The first-order chi connectivity index (χ1) is 8.49. The van der Waals surface area contributed by atoms with E-state index in [-0.39, 0.29) is 18.3 Å². The standard InChI is InChI=1S/C13H19N3O2/c1-4-16(8-12(14)15-18)13(17)11-6-5-9(2)7-10(11)3/h5-7,18H,4,8H2,1-3H3,(H2,14,15). The molecular weight excluding hydrogens is 230 g/mol. The number of amides is 1. The molecule has 0 saturated carbocycles. The second-order valence-electron chi connectivity index (χ2n) is 4.23. The van der Waals surface area contributed by atoms with Gasteiger partial charge in [-0.15, -0.1) is 0 Å². The van der Waals surface area contributed by atoms with Crippen molar-refractivity contribution in [3.63, 3.8) is 0 Å². The summed E-state index contributed by atoms with van der Waals surface area (Å²) in [6.07, 6.45) is 0. The molecule has 5 heteroatoms. The van der Waals surface area contributed by atoms with Crippen LogP contribution in [0.4, 0.5) is 0 Å². The molecule has 0 aliphatic rings. The highest BCUT2D eigenvalue weighted by Gasteiger charge is 2.17. The summed E-state index contributed by atoms with van der Waals surface area (Å²) in [6.45, 7) is 6.36. The van der Waals surface area contributed by atoms with E-state index >= 15 is 0 Å². The lowest BCUT2D eigenvalue weighted by Gasteiger charge is -2.21. The Morgan fingerprint density at radius 1 is 1.44 bits per heavy atom. The van der Waals surface area contributed by atoms with Crippen molar-refractivity contribution in [2.45, 2.75) is 20.8 Å². The summed E-state index contributed by atoms with van der Waals surface area (Å²) >= 11 is 0. The lowest BCUT2D eigenvalue weighted by Crippen LogP contribution is -2.38. The Balaban J connectivity index is 2.96. The van der Waals surface area contributed by atoms with Gasteiger partial charge in [-0.1, -0.05) is 22.9 Å². The predicted molar refractivity (Wildman–Crippen MR) is 70.9 cm³/mol. The van der Waals surface area contributed by atoms with E-state index in [2.05, 4.69) is 5.16 Å². The fourth-order valence-electron chi connectivity index (χ4n) is 1.78. The van der Waals surface area contributed by atoms with E-state index in [0.29, 0.717) is 12.1 Å². The van der Waals surface area contributed by atoms with Crippen molar-refractivity contribution in [3.05, 3.63) is 34.9 Å². The Morgan fingerprint density at radius 3 is 2.61 bits per heavy atom. The molecule has 0 aromatic heterocycles. The molecule has 0 heterocycles. The summed E-state index contributed by atoms with van der Waals surface area (Å²) in [5.41, 5.74) is 8.12. The second kappa shape index (κ2) is 6.05. The predicted octanol–water partition coefficient (Wildman–Crippen LogP) is 1.51. The van der Waals surface area contributed by atoms with Gasteiger partial charge in [0.05, 0.1) is 6.54 Å². The SMILES string of the molecule is CCN(C/C(N)=N/O)C(=O)c1ccc(C)cc1C. The number of oxime groups is 1. The normalized spacial score (nSPS) is 11.4. The molecule has 98 valence electrons. The Labute approximate surface area is 107 Å². The molecule has 0 unspecified atom stereocenters. The first kappa shape index (κ1) is 14.0. The van der Waals surface area contributed by atoms with E-state index in [0.717, 1.165) is 11.1 Å². The second-order valence-corrected chi connectivity index (χ2v) is 4.23. The molecule has 5 nitrogen and oxygen atoms in total. The Kier molecular flexibility index (Phi) is 4.71. The molecule has 0 saturated heterocycles. The minimum Gasteiger partial charge on any atom is -0.409 e. The molecule has 1 aromatic rings. The molecule has 0 aliphatic carbocycles. The van der Waals surface area contributed by atoms with E-state index in [1.54, 1.807) is 0 Å². The number of hydrogen-bond acceptors (Lipinski definition) is 3. The molecule has 0 bridgehead atoms. The van der Waals surface area contributed by atoms with Crippen LogP contribution in [0, 0.1) is 13.8 Å². The maximum Gasteiger partial charge on any atom is 0.254 e. The molecule has 1 aromatic carbocycles. The van der Waals surface area contributed by atoms with Gasteiger partial charge in [0, 0.05) is 12.1 Å². The zero-order chi connectivity index (χ0) is 13.7. The number of hydrogen-bond donors (Lipinski definition) is 2. The Hall–Kier alpha value is -2.04. The third kappa shape index (κ3) is 3.23. The third-order valence-corrected chi connectivity index (χ3v) is 2.76. The molecule has 0 atom stereocenters. The molecule has 0 spiro atoms. The van der Waals surface area contributed by atoms with Crippen molar-refractivity contribution >= 4 is 11.7 Å². The topological polar surface area (TPSA) is 78.9 Å². The Bertz CT molecular complexity index is 469. The van der Waals surface area contributed by atoms with Crippen LogP contribution in [-0.2, 0) is 0 Å². The van der Waals surface area contributed by atoms with Crippen LogP contribution in [0.1, 0.15) is 28.4 Å². The van der Waals surface area contributed by atoms with Crippen molar-refractivity contribution in [3.8, 4) is 0 Å². The molecule has 1 amide bonds. The van der Waals surface area contributed by atoms with Gasteiger partial charge in [0.25, 0.3) is 5.91 Å². The van der Waals surface area contributed by atoms with Crippen molar-refractivity contribution in [1.29, 1.82) is 0 Å². The third-order valence-electron chi connectivity index (χ3n) is 2.76. The first-order valence-corrected chi connectivity index (χ1v) is 5.82. The van der Waals surface area contributed by atoms with E-state index in [1.165, 1.54) is 4.90 Å². The lowest BCUT2D eigenvalue weighted by atomic mass is 10.0. The summed E-state index contributed by atoms with van der Waals surface area (Å²) in [4.78, 5) is 13.8. The maximum absolute atomic E-state index is 12.3. The Morgan fingerprint density at radius 2 is 2.11 bits per heavy atom. The van der Waals surface area contributed by atoms with Crippen LogP contribution in [0.25, 0.3) is 0 Å². The average molecular weight is 249 g/mol. The number of carbonyl (C=O) groups is 1. The number of nitrogens with zero attached hydrogens (tertiary/aromatic N) is 2. The largest absolute Gasteiger partial charge is 0.409 e. The quantitative estimate of drug-likeness (QED) is 0.367. The van der Waals surface area contributed by atoms with Gasteiger partial charge < -0.3 is 15.8 Å². The zero-order valence-corrected chi connectivity index (χ0v) is 11.0. The number of nitrogens with two attached hydrogens (primary N) is 1. The van der Waals surface area contributed by atoms with Crippen molar-refractivity contribution < 1.29 is 10.0 Å². The van der Waals surface area contributed by atoms with Gasteiger partial charge in [-0.3, -0.25) is 4.79 Å². The van der Waals surface area contributed by atoms with Crippen LogP contribution in [-0.4, -0.2) is 34.9 Å². The van der Waals surface area contributed by atoms with Gasteiger partial charge in [0.2, 0.25) is 0 Å². The lowest BCUT2D eigenvalue weighted by molar-refractivity contribution is 0.0785. The van der Waals surface area contributed by atoms with Gasteiger partial charge in [0.1, 0.15) is 0 Å². The van der Waals surface area contributed by atoms with Crippen LogP contribution >= 0.6 is 0 Å². The molecule has 1 rings (SSSR count). The number of carbonyl (C=O) groups excluding carboxylic acids is 1. The zero-order valence-electron chi connectivity index (χ0n) is 11.0. The first-order valence-electron chi connectivity index (χ1n) is 5.82. The fourth-order valence-corrected chi connectivity index (χ4v) is 1.78. The smallest absolute Gasteiger partial charge is 0.254 e. The molecule has 0 aliphatic heterocycles. The highest BCUT2D eigenvalue weighted by molar-refractivity contribution is 5.98. The van der Waals surface area contributed by atoms with E-state index in [9.17, 15) is 4.79 Å². The monoisotopic (exact) mass is 249 g/mol. The van der Waals surface area contributed by atoms with Crippen LogP contribution in [0.2, 0.25) is 0 Å². The van der Waals surface area contributed by atoms with Crippen LogP contribution in [0.5, 0.6) is 0 Å². The maximum atomic E-state index is 12.3. The van der Waals surface area contributed by atoms with Gasteiger partial charge in [0.15, 0.2) is 5.84 Å². The molecular formula is C13H19N3O2. The van der Waals surface area contributed by atoms with Crippen LogP contribution < -0.4 is 5.73 Å². The minimum atomic E-state index is -0.110. The summed E-state index contributed by atoms with van der Waals surface area (Å²) in [5.74, 6) is -0.0865. The summed E-state index contributed by atoms with van der Waals surface area (Å²) in [5, 5.41) is 11.4. The minimum absolute atomic E-state index is 0.0231. The number of amidine groups is 1. The summed E-state index contributed by atoms with van der Waals surface area (Å²) in [7, 11) is 0. The van der Waals surface area contributed by atoms with Crippen LogP contribution in [0.15, 0.2) is 23.4 Å². The number of rotatable bonds is 4. The van der Waals surface area contributed by atoms with Crippen molar-refractivity contribution in [1.82, 2.24) is 4.90 Å². The number of aryl methyl sites for hydroxylation is 2. The summed E-state index contributed by atoms with van der Waals surface area (Å²) in [6, 6.07) is 5.67. The summed E-state index contributed by atoms with van der Waals surface area (Å²) < 4.78 is 0. The van der Waals surface area contributed by atoms with E-state index < -0.39 is 0 Å². The van der Waals surface area contributed by atoms with Gasteiger partial charge in [-0.05, 0) is 32.4 Å². The van der Waals surface area contributed by atoms with E-state index in [4.69, 9.17) is 10.9 Å². The molecule has 18 heavy (non-hydrogen) atoms. The van der Waals surface area contributed by atoms with Gasteiger partial charge in [-0.2, -0.15) is 0 Å². The van der Waals surface area contributed by atoms with Crippen LogP contribution in [0.3, 0.4) is 0 Å². The molecule has 3 N–H and O–H groups in total. The van der Waals surface area contributed by atoms with Crippen molar-refractivity contribution in [2.24, 2.45) is 10.9 Å². The molecule has 0 radical (unpaired) electrons. The van der Waals surface area contributed by atoms with Crippen molar-refractivity contribution in [2.75, 3.05) is 13.1 Å². The van der Waals surface area contributed by atoms with E-state index in [1.807, 2.05) is 39.0 Å². The number of benzene rings is 1. The highest BCUT2D eigenvalue weighted by atomic mass is 16.4. The molecule has 0 fully saturated rings. The highest BCUT2D eigenvalue weighted by Crippen LogP contribution is 2.13. The fraction of sp³-hybridized carbons (Fsp3) is 0.385. The average Bonchev–Trinajstić information content (AvgIpc) is 2.34. The van der Waals surface area contributed by atoms with Gasteiger partial charge in [-0.25, -0.2) is 0 Å².